The van der Waals surface area contributed by atoms with Crippen LogP contribution < -0.4 is 31.1 Å². The van der Waals surface area contributed by atoms with E-state index in [1.807, 2.05) is 6.92 Å². The predicted molar refractivity (Wildman–Crippen MR) is 316 cm³/mol. The Balaban J connectivity index is 0.000000285. The summed E-state index contributed by atoms with van der Waals surface area (Å²) in [6, 6.07) is 2.45. The van der Waals surface area contributed by atoms with Gasteiger partial charge in [-0.3, -0.25) is 0 Å². The molecule has 0 amide bonds. The van der Waals surface area contributed by atoms with E-state index >= 15 is 0 Å². The van der Waals surface area contributed by atoms with Crippen LogP contribution >= 0.6 is 0 Å². The number of rotatable bonds is 22. The summed E-state index contributed by atoms with van der Waals surface area (Å²) in [5.41, 5.74) is 1.45. The zero-order chi connectivity index (χ0) is 55.0. The predicted octanol–water partition coefficient (Wildman–Crippen LogP) is 10.7. The molecular formula is C61H120N12O. The summed E-state index contributed by atoms with van der Waals surface area (Å²) in [4.78, 5) is 27.6. The molecule has 0 atom stereocenters. The number of ether oxygens (including phenoxy) is 1. The van der Waals surface area contributed by atoms with Crippen molar-refractivity contribution in [2.24, 2.45) is 0 Å². The summed E-state index contributed by atoms with van der Waals surface area (Å²) >= 11 is 0. The third kappa shape index (κ3) is 20.8. The Morgan fingerprint density at radius 2 is 0.797 bits per heavy atom. The third-order valence-corrected chi connectivity index (χ3v) is 17.0. The smallest absolute Gasteiger partial charge is 0.230 e. The molecule has 5 saturated heterocycles. The number of piperidine rings is 4. The van der Waals surface area contributed by atoms with Gasteiger partial charge in [0.15, 0.2) is 0 Å². The molecule has 1 aromatic rings. The molecule has 5 aliphatic rings. The minimum absolute atomic E-state index is 0.0577. The Bertz CT molecular complexity index is 1770. The first-order valence-corrected chi connectivity index (χ1v) is 30.3. The summed E-state index contributed by atoms with van der Waals surface area (Å²) < 4.78 is 5.59. The van der Waals surface area contributed by atoms with Gasteiger partial charge in [0.2, 0.25) is 11.9 Å². The van der Waals surface area contributed by atoms with E-state index in [1.54, 1.807) is 0 Å². The van der Waals surface area contributed by atoms with Gasteiger partial charge in [-0.1, -0.05) is 32.6 Å². The molecule has 0 unspecified atom stereocenters. The van der Waals surface area contributed by atoms with E-state index in [9.17, 15) is 0 Å². The Kier molecular flexibility index (Phi) is 22.2. The van der Waals surface area contributed by atoms with Crippen molar-refractivity contribution >= 4 is 11.9 Å². The average Bonchev–Trinajstić information content (AvgIpc) is 3.22. The number of hydrogen-bond acceptors (Lipinski definition) is 13. The van der Waals surface area contributed by atoms with Crippen LogP contribution in [0.4, 0.5) is 11.9 Å². The van der Waals surface area contributed by atoms with Crippen LogP contribution in [0.15, 0.2) is 0 Å². The van der Waals surface area contributed by atoms with Crippen LogP contribution in [-0.2, 0) is 4.74 Å². The Hall–Kier alpha value is -1.71. The van der Waals surface area contributed by atoms with E-state index in [0.29, 0.717) is 18.1 Å². The largest absolute Gasteiger partial charge is 0.378 e. The van der Waals surface area contributed by atoms with Crippen LogP contribution in [-0.4, -0.2) is 171 Å². The monoisotopic (exact) mass is 1040 g/mol. The van der Waals surface area contributed by atoms with Gasteiger partial charge in [-0.15, -0.1) is 0 Å². The molecule has 0 bridgehead atoms. The van der Waals surface area contributed by atoms with Crippen LogP contribution in [0.3, 0.4) is 0 Å². The van der Waals surface area contributed by atoms with Crippen LogP contribution in [0, 0.1) is 6.92 Å². The summed E-state index contributed by atoms with van der Waals surface area (Å²) in [7, 11) is 4.69. The van der Waals surface area contributed by atoms with Crippen LogP contribution in [0.1, 0.15) is 233 Å². The quantitative estimate of drug-likeness (QED) is 0.0828. The maximum absolute atomic E-state index is 5.59. The van der Waals surface area contributed by atoms with Gasteiger partial charge < -0.3 is 50.5 Å². The van der Waals surface area contributed by atoms with Gasteiger partial charge in [0.1, 0.15) is 5.82 Å². The van der Waals surface area contributed by atoms with Crippen LogP contribution in [0.25, 0.3) is 0 Å². The highest BCUT2D eigenvalue weighted by molar-refractivity contribution is 5.41. The van der Waals surface area contributed by atoms with Crippen molar-refractivity contribution < 1.29 is 4.74 Å². The van der Waals surface area contributed by atoms with Gasteiger partial charge in [0.05, 0.1) is 13.2 Å². The van der Waals surface area contributed by atoms with Crippen molar-refractivity contribution in [3.8, 4) is 0 Å². The summed E-state index contributed by atoms with van der Waals surface area (Å²) in [5.74, 6) is 2.44. The van der Waals surface area contributed by atoms with E-state index in [2.05, 4.69) is 178 Å². The fraction of sp³-hybridized carbons (Fsp3) is 0.951. The lowest BCUT2D eigenvalue weighted by Crippen LogP contribution is -2.62. The van der Waals surface area contributed by atoms with Crippen LogP contribution in [0.5, 0.6) is 0 Å². The van der Waals surface area contributed by atoms with E-state index in [1.165, 1.54) is 116 Å². The van der Waals surface area contributed by atoms with Gasteiger partial charge in [-0.05, 0) is 241 Å². The third-order valence-electron chi connectivity index (χ3n) is 17.0. The van der Waals surface area contributed by atoms with Crippen molar-refractivity contribution in [3.63, 3.8) is 0 Å². The molecule has 5 aliphatic heterocycles. The molecule has 0 aliphatic carbocycles. The normalized spacial score (nSPS) is 24.8. The standard InChI is InChI=1S/C33H62N8O.C28H58N4/c1-25-34-28(40-17-19-42-20-18-40)36-29(35-25)41(27-23-32(6,7)38-33(8,9)24-27)16-14-12-11-13-15-39(10)26-21-30(2,3)37-31(4,5)22-26;1-11-16-32(24-21-27(6,7)30-28(8,9)22-24)18-15-13-12-14-17-31(10)23-19-25(2,3)29-26(4,5)20-23/h26-27,37-38H,11-24H2,1-10H3;23-24,29-30H,11-22H2,1-10H3. The van der Waals surface area contributed by atoms with Crippen molar-refractivity contribution in [1.82, 2.24) is 50.9 Å². The van der Waals surface area contributed by atoms with E-state index < -0.39 is 0 Å². The molecule has 0 aromatic carbocycles. The van der Waals surface area contributed by atoms with Gasteiger partial charge in [0, 0.05) is 88.1 Å². The number of aromatic nitrogens is 3. The zero-order valence-electron chi connectivity index (χ0n) is 52.2. The van der Waals surface area contributed by atoms with Crippen molar-refractivity contribution in [3.05, 3.63) is 5.82 Å². The minimum Gasteiger partial charge on any atom is -0.378 e. The molecule has 13 nitrogen and oxygen atoms in total. The second-order valence-corrected chi connectivity index (χ2v) is 29.9. The Labute approximate surface area is 456 Å². The maximum Gasteiger partial charge on any atom is 0.230 e. The van der Waals surface area contributed by atoms with E-state index in [0.717, 1.165) is 75.9 Å². The molecule has 4 N–H and O–H groups in total. The lowest BCUT2D eigenvalue weighted by molar-refractivity contribution is 0.0644. The van der Waals surface area contributed by atoms with Gasteiger partial charge in [0.25, 0.3) is 0 Å². The van der Waals surface area contributed by atoms with Crippen molar-refractivity contribution in [1.29, 1.82) is 0 Å². The molecule has 6 rings (SSSR count). The molecule has 430 valence electrons. The first-order valence-electron chi connectivity index (χ1n) is 30.3. The lowest BCUT2D eigenvalue weighted by atomic mass is 9.79. The van der Waals surface area contributed by atoms with Crippen molar-refractivity contribution in [2.75, 3.05) is 82.9 Å². The first kappa shape index (κ1) is 63.1. The Morgan fingerprint density at radius 1 is 0.446 bits per heavy atom. The van der Waals surface area contributed by atoms with E-state index in [-0.39, 0.29) is 44.3 Å². The average molecular weight is 1040 g/mol. The number of nitrogens with one attached hydrogen (secondary N) is 4. The topological polar surface area (TPSA) is 112 Å². The SMILES string of the molecule is CCCN(CCCCCCN(C)C1CC(C)(C)NC(C)(C)C1)C1CC(C)(C)NC(C)(C)C1.Cc1nc(N2CCOCC2)nc(N(CCCCCCN(C)C2CC(C)(C)NC(C)(C)C2)C2CC(C)(C)NC(C)(C)C2)n1. The fourth-order valence-electron chi connectivity index (χ4n) is 15.3. The van der Waals surface area contributed by atoms with Gasteiger partial charge in [-0.25, -0.2) is 0 Å². The highest BCUT2D eigenvalue weighted by Crippen LogP contribution is 2.36. The second-order valence-electron chi connectivity index (χ2n) is 29.9. The van der Waals surface area contributed by atoms with Gasteiger partial charge >= 0.3 is 0 Å². The highest BCUT2D eigenvalue weighted by atomic mass is 16.5. The number of nitrogens with zero attached hydrogens (tertiary/aromatic N) is 8. The number of hydrogen-bond donors (Lipinski definition) is 4. The Morgan fingerprint density at radius 3 is 1.19 bits per heavy atom. The lowest BCUT2D eigenvalue weighted by Gasteiger charge is -2.50. The molecule has 6 heterocycles. The molecular weight excluding hydrogens is 917 g/mol. The summed E-state index contributed by atoms with van der Waals surface area (Å²) in [6.45, 7) is 51.1. The zero-order valence-corrected chi connectivity index (χ0v) is 52.2. The second kappa shape index (κ2) is 26.0. The molecule has 0 saturated carbocycles. The minimum atomic E-state index is 0.0577. The maximum atomic E-state index is 5.59. The molecule has 5 fully saturated rings. The number of aryl methyl sites for hydroxylation is 1. The molecule has 0 radical (unpaired) electrons. The number of morpholine rings is 1. The molecule has 13 heteroatoms. The molecule has 74 heavy (non-hydrogen) atoms. The first-order chi connectivity index (χ1) is 34.2. The summed E-state index contributed by atoms with van der Waals surface area (Å²) in [5, 5.41) is 15.4. The van der Waals surface area contributed by atoms with Gasteiger partial charge in [-0.2, -0.15) is 15.0 Å². The van der Waals surface area contributed by atoms with E-state index in [4.69, 9.17) is 19.7 Å². The number of anilines is 2. The fourth-order valence-corrected chi connectivity index (χ4v) is 15.3. The molecule has 1 aromatic heterocycles. The van der Waals surface area contributed by atoms with Crippen LogP contribution in [0.2, 0.25) is 0 Å². The summed E-state index contributed by atoms with van der Waals surface area (Å²) in [6.07, 6.45) is 21.2. The van der Waals surface area contributed by atoms with Crippen molar-refractivity contribution in [2.45, 2.75) is 302 Å². The molecule has 0 spiro atoms. The highest BCUT2D eigenvalue weighted by Gasteiger charge is 2.43. The number of unbranched alkanes of at least 4 members (excludes halogenated alkanes) is 6.